The molecule has 2 aromatic carbocycles. The van der Waals surface area contributed by atoms with Gasteiger partial charge in [-0.25, -0.2) is 9.97 Å². The number of carbonyl (C=O) groups is 2. The van der Waals surface area contributed by atoms with Crippen molar-refractivity contribution in [1.82, 2.24) is 25.6 Å². The van der Waals surface area contributed by atoms with Gasteiger partial charge in [-0.1, -0.05) is 24.3 Å². The van der Waals surface area contributed by atoms with Gasteiger partial charge in [-0.3, -0.25) is 19.9 Å². The molecule has 0 atom stereocenters. The number of amides is 2. The third-order valence-electron chi connectivity index (χ3n) is 7.20. The SMILES string of the molecule is O=C1NC(=O)/C(=C/c2ccnc(N3CCC(CNCc4ccc(-c5ccc(Oc6ccccc6)cc5)nc4)CC3)n2)S1. The van der Waals surface area contributed by atoms with E-state index in [2.05, 4.69) is 42.6 Å². The van der Waals surface area contributed by atoms with E-state index in [1.807, 2.05) is 60.8 Å². The van der Waals surface area contributed by atoms with Gasteiger partial charge >= 0.3 is 0 Å². The first-order valence-electron chi connectivity index (χ1n) is 13.9. The Bertz CT molecular complexity index is 1570. The molecule has 0 saturated carbocycles. The van der Waals surface area contributed by atoms with Gasteiger partial charge in [-0.05, 0) is 97.2 Å². The molecule has 2 N–H and O–H groups in total. The van der Waals surface area contributed by atoms with Crippen LogP contribution in [0.1, 0.15) is 24.1 Å². The van der Waals surface area contributed by atoms with E-state index in [4.69, 9.17) is 4.74 Å². The molecule has 2 fully saturated rings. The summed E-state index contributed by atoms with van der Waals surface area (Å²) in [6, 6.07) is 23.6. The lowest BCUT2D eigenvalue weighted by atomic mass is 9.97. The zero-order valence-electron chi connectivity index (χ0n) is 22.9. The highest BCUT2D eigenvalue weighted by atomic mass is 32.2. The molecule has 9 nitrogen and oxygen atoms in total. The van der Waals surface area contributed by atoms with E-state index >= 15 is 0 Å². The van der Waals surface area contributed by atoms with Crippen LogP contribution < -0.4 is 20.3 Å². The number of benzene rings is 2. The average molecular weight is 579 g/mol. The minimum absolute atomic E-state index is 0.350. The maximum absolute atomic E-state index is 11.8. The Hall–Kier alpha value is -4.54. The first-order chi connectivity index (χ1) is 20.6. The standard InChI is InChI=1S/C32H30N6O3S/c39-30-29(42-32(40)37-30)18-25-12-15-34-31(36-25)38-16-13-22(14-17-38)19-33-20-23-6-11-28(35-21-23)24-7-9-27(10-8-24)41-26-4-2-1-3-5-26/h1-12,15,18,21-22,33H,13-14,16-17,19-20H2,(H,37,39,40)/b29-18-. The molecular weight excluding hydrogens is 548 g/mol. The molecule has 10 heteroatoms. The number of ether oxygens (including phenoxy) is 1. The number of thioether (sulfide) groups is 1. The second-order valence-corrected chi connectivity index (χ2v) is 11.2. The van der Waals surface area contributed by atoms with Crippen molar-refractivity contribution in [3.05, 3.63) is 101 Å². The molecule has 42 heavy (non-hydrogen) atoms. The highest BCUT2D eigenvalue weighted by molar-refractivity contribution is 8.18. The average Bonchev–Trinajstić information content (AvgIpc) is 3.34. The van der Waals surface area contributed by atoms with Crippen LogP contribution in [0.3, 0.4) is 0 Å². The number of hydrogen-bond acceptors (Lipinski definition) is 9. The third kappa shape index (κ3) is 7.02. The molecule has 2 aromatic heterocycles. The third-order valence-corrected chi connectivity index (χ3v) is 8.01. The van der Waals surface area contributed by atoms with E-state index in [1.54, 1.807) is 18.3 Å². The summed E-state index contributed by atoms with van der Waals surface area (Å²) in [6.45, 7) is 3.44. The second-order valence-electron chi connectivity index (χ2n) is 10.2. The number of aromatic nitrogens is 3. The van der Waals surface area contributed by atoms with Gasteiger partial charge < -0.3 is 15.0 Å². The van der Waals surface area contributed by atoms with Crippen molar-refractivity contribution in [2.75, 3.05) is 24.5 Å². The van der Waals surface area contributed by atoms with Crippen LogP contribution in [0.25, 0.3) is 17.3 Å². The van der Waals surface area contributed by atoms with Crippen molar-refractivity contribution in [3.63, 3.8) is 0 Å². The first-order valence-corrected chi connectivity index (χ1v) is 14.7. The van der Waals surface area contributed by atoms with Crippen molar-refractivity contribution in [3.8, 4) is 22.8 Å². The molecular formula is C32H30N6O3S. The van der Waals surface area contributed by atoms with Gasteiger partial charge in [0.05, 0.1) is 16.3 Å². The predicted octanol–water partition coefficient (Wildman–Crippen LogP) is 5.66. The Morgan fingerprint density at radius 2 is 1.74 bits per heavy atom. The summed E-state index contributed by atoms with van der Waals surface area (Å²) in [6.07, 6.45) is 7.33. The number of anilines is 1. The summed E-state index contributed by atoms with van der Waals surface area (Å²) in [7, 11) is 0. The lowest BCUT2D eigenvalue weighted by Gasteiger charge is -2.32. The highest BCUT2D eigenvalue weighted by Crippen LogP contribution is 2.27. The number of rotatable bonds is 9. The van der Waals surface area contributed by atoms with Crippen LogP contribution in [0.5, 0.6) is 11.5 Å². The van der Waals surface area contributed by atoms with Gasteiger partial charge in [0.25, 0.3) is 11.1 Å². The van der Waals surface area contributed by atoms with Crippen molar-refractivity contribution in [2.45, 2.75) is 19.4 Å². The lowest BCUT2D eigenvalue weighted by molar-refractivity contribution is -0.115. The van der Waals surface area contributed by atoms with Gasteiger partial charge in [-0.15, -0.1) is 0 Å². The van der Waals surface area contributed by atoms with Crippen molar-refractivity contribution >= 4 is 34.9 Å². The number of nitrogens with zero attached hydrogens (tertiary/aromatic N) is 4. The molecule has 2 aliphatic rings. The summed E-state index contributed by atoms with van der Waals surface area (Å²) in [5, 5.41) is 5.49. The predicted molar refractivity (Wildman–Crippen MR) is 164 cm³/mol. The molecule has 2 aliphatic heterocycles. The quantitative estimate of drug-likeness (QED) is 0.243. The van der Waals surface area contributed by atoms with Crippen LogP contribution >= 0.6 is 11.8 Å². The maximum atomic E-state index is 11.8. The van der Waals surface area contributed by atoms with Crippen molar-refractivity contribution < 1.29 is 14.3 Å². The fraction of sp³-hybridized carbons (Fsp3) is 0.219. The monoisotopic (exact) mass is 578 g/mol. The van der Waals surface area contributed by atoms with Crippen molar-refractivity contribution in [2.24, 2.45) is 5.92 Å². The molecule has 6 rings (SSSR count). The van der Waals surface area contributed by atoms with E-state index < -0.39 is 0 Å². The highest BCUT2D eigenvalue weighted by Gasteiger charge is 2.25. The molecule has 0 aliphatic carbocycles. The normalized spacial score (nSPS) is 16.6. The summed E-state index contributed by atoms with van der Waals surface area (Å²) in [5.41, 5.74) is 3.74. The van der Waals surface area contributed by atoms with E-state index in [1.165, 1.54) is 0 Å². The smallest absolute Gasteiger partial charge is 0.290 e. The van der Waals surface area contributed by atoms with Crippen LogP contribution in [0.4, 0.5) is 10.7 Å². The Balaban J connectivity index is 0.949. The fourth-order valence-electron chi connectivity index (χ4n) is 4.93. The number of imide groups is 1. The number of pyridine rings is 1. The largest absolute Gasteiger partial charge is 0.457 e. The fourth-order valence-corrected chi connectivity index (χ4v) is 5.59. The number of piperidine rings is 1. The molecule has 2 amide bonds. The van der Waals surface area contributed by atoms with Gasteiger partial charge in [0.2, 0.25) is 5.95 Å². The lowest BCUT2D eigenvalue weighted by Crippen LogP contribution is -2.38. The topological polar surface area (TPSA) is 109 Å². The Morgan fingerprint density at radius 3 is 2.45 bits per heavy atom. The van der Waals surface area contributed by atoms with Crippen LogP contribution in [0, 0.1) is 5.92 Å². The summed E-state index contributed by atoms with van der Waals surface area (Å²) in [4.78, 5) is 39.5. The zero-order chi connectivity index (χ0) is 28.7. The van der Waals surface area contributed by atoms with Crippen LogP contribution in [-0.2, 0) is 11.3 Å². The molecule has 0 spiro atoms. The van der Waals surface area contributed by atoms with Crippen LogP contribution in [0.15, 0.2) is 90.1 Å². The Morgan fingerprint density at radius 1 is 0.952 bits per heavy atom. The maximum Gasteiger partial charge on any atom is 0.290 e. The Labute approximate surface area is 248 Å². The first kappa shape index (κ1) is 27.6. The van der Waals surface area contributed by atoms with Crippen LogP contribution in [0.2, 0.25) is 0 Å². The molecule has 0 unspecified atom stereocenters. The summed E-state index contributed by atoms with van der Waals surface area (Å²) < 4.78 is 5.88. The van der Waals surface area contributed by atoms with E-state index in [0.717, 1.165) is 79.1 Å². The van der Waals surface area contributed by atoms with E-state index in [-0.39, 0.29) is 11.1 Å². The van der Waals surface area contributed by atoms with Gasteiger partial charge in [0.15, 0.2) is 0 Å². The Kier molecular flexibility index (Phi) is 8.53. The van der Waals surface area contributed by atoms with Crippen molar-refractivity contribution in [1.29, 1.82) is 0 Å². The molecule has 4 aromatic rings. The summed E-state index contributed by atoms with van der Waals surface area (Å²) in [5.74, 6) is 2.44. The van der Waals surface area contributed by atoms with Gasteiger partial charge in [-0.2, -0.15) is 0 Å². The number of carbonyl (C=O) groups excluding carboxylic acids is 2. The zero-order valence-corrected chi connectivity index (χ0v) is 23.7. The second kappa shape index (κ2) is 13.0. The number of nitrogens with one attached hydrogen (secondary N) is 2. The molecule has 0 bridgehead atoms. The van der Waals surface area contributed by atoms with E-state index in [9.17, 15) is 9.59 Å². The minimum Gasteiger partial charge on any atom is -0.457 e. The number of para-hydroxylation sites is 1. The molecule has 212 valence electrons. The molecule has 0 radical (unpaired) electrons. The molecule has 4 heterocycles. The van der Waals surface area contributed by atoms with Crippen LogP contribution in [-0.4, -0.2) is 45.7 Å². The minimum atomic E-state index is -0.384. The van der Waals surface area contributed by atoms with Gasteiger partial charge in [0.1, 0.15) is 11.5 Å². The summed E-state index contributed by atoms with van der Waals surface area (Å²) >= 11 is 0.889. The van der Waals surface area contributed by atoms with Gasteiger partial charge in [0, 0.05) is 37.6 Å². The number of hydrogen-bond donors (Lipinski definition) is 2. The van der Waals surface area contributed by atoms with E-state index in [0.29, 0.717) is 22.5 Å². The molecule has 2 saturated heterocycles.